The summed E-state index contributed by atoms with van der Waals surface area (Å²) in [6.45, 7) is -0.382. The molecule has 0 heterocycles. The molecule has 0 unspecified atom stereocenters. The Labute approximate surface area is 200 Å². The number of nitrogens with zero attached hydrogens (tertiary/aromatic N) is 1. The minimum absolute atomic E-state index is 0.0458. The summed E-state index contributed by atoms with van der Waals surface area (Å²) < 4.78 is 24.5. The highest BCUT2D eigenvalue weighted by Crippen LogP contribution is 2.29. The summed E-state index contributed by atoms with van der Waals surface area (Å²) in [6.07, 6.45) is 1.39. The highest BCUT2D eigenvalue weighted by atomic mass is 35.5. The maximum atomic E-state index is 13.7. The molecule has 0 saturated heterocycles. The van der Waals surface area contributed by atoms with Crippen LogP contribution in [0.3, 0.4) is 0 Å². The summed E-state index contributed by atoms with van der Waals surface area (Å²) in [7, 11) is 1.41. The van der Waals surface area contributed by atoms with Crippen LogP contribution < -0.4 is 20.1 Å². The van der Waals surface area contributed by atoms with E-state index in [0.717, 1.165) is 0 Å². The molecule has 0 atom stereocenters. The zero-order valence-electron chi connectivity index (χ0n) is 18.0. The number of benzene rings is 3. The Hall–Kier alpha value is -4.35. The molecule has 2 amide bonds. The third-order valence-corrected chi connectivity index (χ3v) is 4.72. The van der Waals surface area contributed by atoms with Gasteiger partial charge in [-0.15, -0.1) is 0 Å². The quantitative estimate of drug-likeness (QED) is 0.348. The van der Waals surface area contributed by atoms with Crippen LogP contribution in [0.15, 0.2) is 72.3 Å². The van der Waals surface area contributed by atoms with Crippen molar-refractivity contribution in [3.63, 3.8) is 0 Å². The average molecular weight is 480 g/mol. The molecule has 7 nitrogen and oxygen atoms in total. The van der Waals surface area contributed by atoms with Crippen molar-refractivity contribution in [3.05, 3.63) is 88.7 Å². The lowest BCUT2D eigenvalue weighted by molar-refractivity contribution is -0.118. The van der Waals surface area contributed by atoms with Crippen LogP contribution in [0.2, 0.25) is 5.02 Å². The second-order valence-electron chi connectivity index (χ2n) is 6.86. The number of carbonyl (C=O) groups is 2. The molecule has 0 radical (unpaired) electrons. The van der Waals surface area contributed by atoms with Gasteiger partial charge in [0.1, 0.15) is 17.5 Å². The Morgan fingerprint density at radius 3 is 2.47 bits per heavy atom. The number of halogens is 2. The number of nitrogens with one attached hydrogen (secondary N) is 2. The molecule has 0 fully saturated rings. The normalized spacial score (nSPS) is 10.7. The number of hydrogen-bond acceptors (Lipinski definition) is 5. The average Bonchev–Trinajstić information content (AvgIpc) is 2.84. The molecule has 0 aromatic heterocycles. The van der Waals surface area contributed by atoms with Crippen molar-refractivity contribution in [2.24, 2.45) is 0 Å². The molecule has 3 aromatic carbocycles. The SMILES string of the molecule is COc1cc(C=C(C#N)C(=O)Nc2ccc(Cl)cc2)ccc1OCC(=O)Nc1ccccc1F. The van der Waals surface area contributed by atoms with E-state index in [1.54, 1.807) is 42.5 Å². The Morgan fingerprint density at radius 2 is 1.79 bits per heavy atom. The van der Waals surface area contributed by atoms with E-state index < -0.39 is 17.6 Å². The van der Waals surface area contributed by atoms with Crippen LogP contribution in [0.25, 0.3) is 6.08 Å². The van der Waals surface area contributed by atoms with E-state index in [4.69, 9.17) is 21.1 Å². The summed E-state index contributed by atoms with van der Waals surface area (Å²) in [5, 5.41) is 15.0. The Balaban J connectivity index is 1.68. The maximum absolute atomic E-state index is 13.7. The van der Waals surface area contributed by atoms with Gasteiger partial charge in [0.15, 0.2) is 18.1 Å². The van der Waals surface area contributed by atoms with Gasteiger partial charge in [-0.3, -0.25) is 9.59 Å². The number of para-hydroxylation sites is 1. The molecule has 0 saturated carbocycles. The van der Waals surface area contributed by atoms with Gasteiger partial charge in [-0.1, -0.05) is 29.8 Å². The molecule has 0 spiro atoms. The summed E-state index contributed by atoms with van der Waals surface area (Å²) in [5.74, 6) is -1.16. The van der Waals surface area contributed by atoms with Crippen LogP contribution >= 0.6 is 11.6 Å². The number of rotatable bonds is 8. The first-order valence-electron chi connectivity index (χ1n) is 9.93. The third-order valence-electron chi connectivity index (χ3n) is 4.47. The first-order chi connectivity index (χ1) is 16.4. The minimum atomic E-state index is -0.589. The standard InChI is InChI=1S/C25H19ClFN3O4/c1-33-23-13-16(12-17(14-28)25(32)29-19-9-7-18(26)8-10-19)6-11-22(23)34-15-24(31)30-21-5-3-2-4-20(21)27/h2-13H,15H2,1H3,(H,29,32)(H,30,31). The number of hydrogen-bond donors (Lipinski definition) is 2. The zero-order chi connectivity index (χ0) is 24.5. The summed E-state index contributed by atoms with van der Waals surface area (Å²) >= 11 is 5.83. The molecule has 34 heavy (non-hydrogen) atoms. The van der Waals surface area contributed by atoms with E-state index >= 15 is 0 Å². The van der Waals surface area contributed by atoms with E-state index in [9.17, 15) is 19.2 Å². The fraction of sp³-hybridized carbons (Fsp3) is 0.0800. The van der Waals surface area contributed by atoms with Crippen molar-refractivity contribution in [2.75, 3.05) is 24.4 Å². The van der Waals surface area contributed by atoms with E-state index in [1.165, 1.54) is 37.5 Å². The van der Waals surface area contributed by atoms with E-state index in [-0.39, 0.29) is 29.4 Å². The van der Waals surface area contributed by atoms with Crippen LogP contribution in [0, 0.1) is 17.1 Å². The highest BCUT2D eigenvalue weighted by Gasteiger charge is 2.13. The van der Waals surface area contributed by atoms with Gasteiger partial charge in [-0.2, -0.15) is 5.26 Å². The number of anilines is 2. The topological polar surface area (TPSA) is 100 Å². The van der Waals surface area contributed by atoms with Crippen molar-refractivity contribution in [2.45, 2.75) is 0 Å². The molecule has 2 N–H and O–H groups in total. The van der Waals surface area contributed by atoms with Crippen molar-refractivity contribution < 1.29 is 23.5 Å². The molecule has 0 aliphatic heterocycles. The lowest BCUT2D eigenvalue weighted by atomic mass is 10.1. The molecule has 0 aliphatic rings. The Bertz CT molecular complexity index is 1270. The number of carbonyl (C=O) groups excluding carboxylic acids is 2. The fourth-order valence-corrected chi connectivity index (χ4v) is 2.96. The number of nitriles is 1. The molecule has 3 aromatic rings. The van der Waals surface area contributed by atoms with Crippen LogP contribution in [-0.2, 0) is 9.59 Å². The molecular formula is C25H19ClFN3O4. The van der Waals surface area contributed by atoms with Gasteiger partial charge >= 0.3 is 0 Å². The monoisotopic (exact) mass is 479 g/mol. The van der Waals surface area contributed by atoms with Crippen LogP contribution in [0.4, 0.5) is 15.8 Å². The minimum Gasteiger partial charge on any atom is -0.493 e. The first-order valence-corrected chi connectivity index (χ1v) is 10.3. The summed E-state index contributed by atoms with van der Waals surface area (Å²) in [5.41, 5.74) is 0.910. The molecule has 9 heteroatoms. The molecule has 3 rings (SSSR count). The van der Waals surface area contributed by atoms with Crippen molar-refractivity contribution >= 4 is 40.9 Å². The van der Waals surface area contributed by atoms with Gasteiger partial charge in [0.25, 0.3) is 11.8 Å². The predicted molar refractivity (Wildman–Crippen MR) is 127 cm³/mol. The van der Waals surface area contributed by atoms with Crippen LogP contribution in [-0.4, -0.2) is 25.5 Å². The van der Waals surface area contributed by atoms with Gasteiger partial charge in [-0.25, -0.2) is 4.39 Å². The van der Waals surface area contributed by atoms with Crippen molar-refractivity contribution in [3.8, 4) is 17.6 Å². The summed E-state index contributed by atoms with van der Waals surface area (Å²) in [6, 6.07) is 18.8. The number of amides is 2. The van der Waals surface area contributed by atoms with Crippen molar-refractivity contribution in [1.82, 2.24) is 0 Å². The molecule has 172 valence electrons. The van der Waals surface area contributed by atoms with Gasteiger partial charge in [0.2, 0.25) is 0 Å². The van der Waals surface area contributed by atoms with Crippen LogP contribution in [0.1, 0.15) is 5.56 Å². The van der Waals surface area contributed by atoms with Gasteiger partial charge < -0.3 is 20.1 Å². The number of ether oxygens (including phenoxy) is 2. The van der Waals surface area contributed by atoms with Crippen molar-refractivity contribution in [1.29, 1.82) is 5.26 Å². The Morgan fingerprint density at radius 1 is 1.06 bits per heavy atom. The van der Waals surface area contributed by atoms with Crippen LogP contribution in [0.5, 0.6) is 11.5 Å². The summed E-state index contributed by atoms with van der Waals surface area (Å²) in [4.78, 5) is 24.5. The maximum Gasteiger partial charge on any atom is 0.266 e. The second kappa shape index (κ2) is 11.5. The van der Waals surface area contributed by atoms with E-state index in [0.29, 0.717) is 16.3 Å². The lowest BCUT2D eigenvalue weighted by Crippen LogP contribution is -2.20. The lowest BCUT2D eigenvalue weighted by Gasteiger charge is -2.12. The van der Waals surface area contributed by atoms with E-state index in [2.05, 4.69) is 10.6 Å². The zero-order valence-corrected chi connectivity index (χ0v) is 18.7. The second-order valence-corrected chi connectivity index (χ2v) is 7.29. The molecule has 0 aliphatic carbocycles. The first kappa shape index (κ1) is 24.3. The van der Waals surface area contributed by atoms with E-state index in [1.807, 2.05) is 6.07 Å². The Kier molecular flexibility index (Phi) is 8.21. The smallest absolute Gasteiger partial charge is 0.266 e. The van der Waals surface area contributed by atoms with Gasteiger partial charge in [0, 0.05) is 10.7 Å². The largest absolute Gasteiger partial charge is 0.493 e. The highest BCUT2D eigenvalue weighted by molar-refractivity contribution is 6.30. The molecule has 0 bridgehead atoms. The third kappa shape index (κ3) is 6.58. The molecular weight excluding hydrogens is 461 g/mol. The fourth-order valence-electron chi connectivity index (χ4n) is 2.83. The van der Waals surface area contributed by atoms with Gasteiger partial charge in [0.05, 0.1) is 12.8 Å². The predicted octanol–water partition coefficient (Wildman–Crippen LogP) is 5.05. The number of methoxy groups -OCH3 is 1. The van der Waals surface area contributed by atoms with Gasteiger partial charge in [-0.05, 0) is 60.2 Å².